The zero-order chi connectivity index (χ0) is 25.8. The largest absolute Gasteiger partial charge is 0.481 e. The Morgan fingerprint density at radius 3 is 2.35 bits per heavy atom. The molecule has 1 heterocycles. The number of aliphatic hydroxyl groups is 1. The smallest absolute Gasteiger partial charge is 0.305 e. The summed E-state index contributed by atoms with van der Waals surface area (Å²) in [6.07, 6.45) is 2.27. The van der Waals surface area contributed by atoms with Gasteiger partial charge in [0.05, 0.1) is 24.7 Å². The van der Waals surface area contributed by atoms with Crippen LogP contribution in [0.15, 0.2) is 36.4 Å². The Labute approximate surface area is 203 Å². The Bertz CT molecular complexity index is 878. The van der Waals surface area contributed by atoms with Crippen LogP contribution in [0, 0.1) is 17.7 Å². The highest BCUT2D eigenvalue weighted by Crippen LogP contribution is 2.39. The lowest BCUT2D eigenvalue weighted by atomic mass is 9.88. The van der Waals surface area contributed by atoms with Crippen LogP contribution < -0.4 is 4.90 Å². The van der Waals surface area contributed by atoms with Gasteiger partial charge in [0.15, 0.2) is 8.32 Å². The summed E-state index contributed by atoms with van der Waals surface area (Å²) in [7, 11) is -2.23. The molecule has 6 nitrogen and oxygen atoms in total. The molecule has 1 aromatic carbocycles. The number of carbonyl (C=O) groups excluding carboxylic acids is 1. The van der Waals surface area contributed by atoms with Crippen LogP contribution in [-0.4, -0.2) is 48.7 Å². The fraction of sp³-hybridized carbons (Fsp3) is 0.615. The molecule has 1 fully saturated rings. The summed E-state index contributed by atoms with van der Waals surface area (Å²) in [5.74, 6) is -1.12. The van der Waals surface area contributed by atoms with E-state index in [0.29, 0.717) is 12.1 Å². The molecule has 2 N–H and O–H groups in total. The van der Waals surface area contributed by atoms with Gasteiger partial charge in [0.2, 0.25) is 5.91 Å². The molecule has 34 heavy (non-hydrogen) atoms. The second-order valence-corrected chi connectivity index (χ2v) is 15.9. The van der Waals surface area contributed by atoms with E-state index >= 15 is 0 Å². The van der Waals surface area contributed by atoms with Crippen LogP contribution in [0.3, 0.4) is 0 Å². The average Bonchev–Trinajstić information content (AvgIpc) is 3.02. The lowest BCUT2D eigenvalue weighted by Crippen LogP contribution is -2.45. The van der Waals surface area contributed by atoms with Crippen molar-refractivity contribution in [3.8, 4) is 0 Å². The van der Waals surface area contributed by atoms with E-state index in [0.717, 1.165) is 0 Å². The van der Waals surface area contributed by atoms with E-state index in [-0.39, 0.29) is 47.5 Å². The Morgan fingerprint density at radius 1 is 1.26 bits per heavy atom. The zero-order valence-corrected chi connectivity index (χ0v) is 22.4. The van der Waals surface area contributed by atoms with Crippen molar-refractivity contribution < 1.29 is 28.6 Å². The van der Waals surface area contributed by atoms with Crippen molar-refractivity contribution in [3.63, 3.8) is 0 Å². The van der Waals surface area contributed by atoms with E-state index in [9.17, 15) is 24.2 Å². The molecule has 0 bridgehead atoms. The first-order chi connectivity index (χ1) is 15.6. The molecule has 2 rings (SSSR count). The molecule has 8 heteroatoms. The maximum atomic E-state index is 13.4. The van der Waals surface area contributed by atoms with Gasteiger partial charge in [-0.2, -0.15) is 0 Å². The van der Waals surface area contributed by atoms with Crippen molar-refractivity contribution in [2.45, 2.75) is 90.3 Å². The normalized spacial score (nSPS) is 21.5. The van der Waals surface area contributed by atoms with Gasteiger partial charge in [-0.05, 0) is 54.2 Å². The monoisotopic (exact) mass is 493 g/mol. The first-order valence-corrected chi connectivity index (χ1v) is 14.9. The van der Waals surface area contributed by atoms with E-state index in [1.807, 2.05) is 6.08 Å². The van der Waals surface area contributed by atoms with Crippen LogP contribution in [-0.2, 0) is 14.0 Å². The molecule has 1 aliphatic rings. The van der Waals surface area contributed by atoms with Crippen LogP contribution in [0.5, 0.6) is 0 Å². The van der Waals surface area contributed by atoms with Gasteiger partial charge in [-0.25, -0.2) is 4.39 Å². The van der Waals surface area contributed by atoms with E-state index < -0.39 is 26.5 Å². The van der Waals surface area contributed by atoms with Crippen molar-refractivity contribution in [2.75, 3.05) is 4.90 Å². The fourth-order valence-corrected chi connectivity index (χ4v) is 5.47. The zero-order valence-electron chi connectivity index (χ0n) is 21.4. The van der Waals surface area contributed by atoms with Gasteiger partial charge in [-0.3, -0.25) is 9.59 Å². The molecule has 0 aromatic heterocycles. The van der Waals surface area contributed by atoms with Gasteiger partial charge >= 0.3 is 5.97 Å². The highest BCUT2D eigenvalue weighted by atomic mass is 28.4. The quantitative estimate of drug-likeness (QED) is 0.338. The summed E-state index contributed by atoms with van der Waals surface area (Å²) in [4.78, 5) is 25.9. The predicted octanol–water partition coefficient (Wildman–Crippen LogP) is 5.38. The van der Waals surface area contributed by atoms with E-state index in [1.165, 1.54) is 12.1 Å². The summed E-state index contributed by atoms with van der Waals surface area (Å²) in [5.41, 5.74) is 0.615. The number of hydrogen-bond acceptors (Lipinski definition) is 4. The van der Waals surface area contributed by atoms with E-state index in [1.54, 1.807) is 23.1 Å². The highest BCUT2D eigenvalue weighted by Gasteiger charge is 2.41. The molecule has 0 spiro atoms. The van der Waals surface area contributed by atoms with Gasteiger partial charge in [0.1, 0.15) is 5.82 Å². The summed E-state index contributed by atoms with van der Waals surface area (Å²) in [6, 6.07) is 5.55. The molecule has 0 radical (unpaired) electrons. The van der Waals surface area contributed by atoms with Gasteiger partial charge in [0.25, 0.3) is 0 Å². The van der Waals surface area contributed by atoms with Crippen molar-refractivity contribution in [1.29, 1.82) is 0 Å². The topological polar surface area (TPSA) is 87.1 Å². The minimum absolute atomic E-state index is 0.0410. The van der Waals surface area contributed by atoms with Crippen LogP contribution in [0.25, 0.3) is 0 Å². The van der Waals surface area contributed by atoms with Gasteiger partial charge < -0.3 is 19.5 Å². The molecule has 190 valence electrons. The third-order valence-electron chi connectivity index (χ3n) is 7.08. The van der Waals surface area contributed by atoms with Gasteiger partial charge in [-0.15, -0.1) is 0 Å². The standard InChI is InChI=1S/C26H40FNO5Si/c1-17(2)22-16-24(30)28(19-10-8-18(27)9-11-19)23(22)13-12-20(29)14-21(15-25(31)32)33-34(6,7)26(3,4)5/h8-13,17,20-23,29H,14-16H2,1-7H3,(H,31,32)/t20?,21-,22-,23-/m1/s1. The van der Waals surface area contributed by atoms with Crippen LogP contribution >= 0.6 is 0 Å². The summed E-state index contributed by atoms with van der Waals surface area (Å²) in [6.45, 7) is 14.5. The number of aliphatic carboxylic acids is 1. The molecule has 1 unspecified atom stereocenters. The number of nitrogens with zero attached hydrogens (tertiary/aromatic N) is 1. The van der Waals surface area contributed by atoms with Crippen molar-refractivity contribution in [3.05, 3.63) is 42.2 Å². The molecule has 4 atom stereocenters. The maximum Gasteiger partial charge on any atom is 0.305 e. The second-order valence-electron chi connectivity index (χ2n) is 11.1. The van der Waals surface area contributed by atoms with Crippen LogP contribution in [0.4, 0.5) is 10.1 Å². The third-order valence-corrected chi connectivity index (χ3v) is 11.6. The van der Waals surface area contributed by atoms with Crippen molar-refractivity contribution >= 4 is 25.9 Å². The molecule has 0 aliphatic carbocycles. The Morgan fingerprint density at radius 2 is 1.85 bits per heavy atom. The highest BCUT2D eigenvalue weighted by molar-refractivity contribution is 6.74. The molecule has 1 aromatic rings. The maximum absolute atomic E-state index is 13.4. The summed E-state index contributed by atoms with van der Waals surface area (Å²) >= 11 is 0. The van der Waals surface area contributed by atoms with Crippen LogP contribution in [0.1, 0.15) is 53.9 Å². The number of carboxylic acid groups (broad SMARTS) is 1. The molecule has 1 aliphatic heterocycles. The number of aliphatic hydroxyl groups excluding tert-OH is 1. The number of carbonyl (C=O) groups is 2. The Kier molecular flexibility index (Phi) is 9.24. The predicted molar refractivity (Wildman–Crippen MR) is 135 cm³/mol. The third kappa shape index (κ3) is 7.23. The minimum Gasteiger partial charge on any atom is -0.481 e. The SMILES string of the molecule is CC(C)[C@H]1CC(=O)N(c2ccc(F)cc2)[C@@H]1C=CC(O)C[C@H](CC(=O)O)O[Si](C)(C)C(C)(C)C. The second kappa shape index (κ2) is 11.1. The molecular weight excluding hydrogens is 453 g/mol. The lowest BCUT2D eigenvalue weighted by molar-refractivity contribution is -0.139. The number of halogens is 1. The Balaban J connectivity index is 2.23. The summed E-state index contributed by atoms with van der Waals surface area (Å²) < 4.78 is 19.7. The fourth-order valence-electron chi connectivity index (χ4n) is 4.11. The lowest BCUT2D eigenvalue weighted by Gasteiger charge is -2.39. The van der Waals surface area contributed by atoms with E-state index in [2.05, 4.69) is 47.7 Å². The molecule has 1 saturated heterocycles. The minimum atomic E-state index is -2.23. The first-order valence-electron chi connectivity index (χ1n) is 12.0. The number of rotatable bonds is 10. The number of amides is 1. The number of benzene rings is 1. The van der Waals surface area contributed by atoms with E-state index in [4.69, 9.17) is 4.43 Å². The molecular formula is C26H40FNO5Si. The van der Waals surface area contributed by atoms with Gasteiger partial charge in [0, 0.05) is 18.5 Å². The molecule has 1 amide bonds. The number of carboxylic acids is 1. The number of hydrogen-bond donors (Lipinski definition) is 2. The summed E-state index contributed by atoms with van der Waals surface area (Å²) in [5, 5.41) is 20.1. The molecule has 0 saturated carbocycles. The van der Waals surface area contributed by atoms with Crippen molar-refractivity contribution in [2.24, 2.45) is 11.8 Å². The van der Waals surface area contributed by atoms with Gasteiger partial charge in [-0.1, -0.05) is 46.8 Å². The van der Waals surface area contributed by atoms with Crippen LogP contribution in [0.2, 0.25) is 18.1 Å². The first kappa shape index (κ1) is 28.2. The average molecular weight is 494 g/mol. The van der Waals surface area contributed by atoms with Crippen molar-refractivity contribution in [1.82, 2.24) is 0 Å². The number of anilines is 1. The Hall–Kier alpha value is -2.03.